The topological polar surface area (TPSA) is 131 Å². The van der Waals surface area contributed by atoms with Crippen LogP contribution in [0.25, 0.3) is 0 Å². The summed E-state index contributed by atoms with van der Waals surface area (Å²) < 4.78 is 33.2. The molecule has 2 amide bonds. The number of hydrogen-bond donors (Lipinski definition) is 2. The van der Waals surface area contributed by atoms with E-state index < -0.39 is 15.9 Å². The van der Waals surface area contributed by atoms with Crippen molar-refractivity contribution in [2.24, 2.45) is 0 Å². The highest BCUT2D eigenvalue weighted by Gasteiger charge is 2.23. The van der Waals surface area contributed by atoms with Gasteiger partial charge in [0, 0.05) is 24.3 Å². The highest BCUT2D eigenvalue weighted by Crippen LogP contribution is 2.26. The van der Waals surface area contributed by atoms with E-state index in [1.807, 2.05) is 20.8 Å². The number of benzene rings is 2. The van der Waals surface area contributed by atoms with Gasteiger partial charge in [0.1, 0.15) is 5.75 Å². The quantitative estimate of drug-likeness (QED) is 0.208. The second-order valence-electron chi connectivity index (χ2n) is 8.05. The molecule has 0 radical (unpaired) electrons. The van der Waals surface area contributed by atoms with Gasteiger partial charge in [0.15, 0.2) is 4.34 Å². The van der Waals surface area contributed by atoms with E-state index in [0.717, 1.165) is 29.9 Å². The number of carbonyl (C=O) groups excluding carboxylic acids is 2. The van der Waals surface area contributed by atoms with Crippen molar-refractivity contribution in [2.75, 3.05) is 36.1 Å². The molecular formula is C25H31N5O5S3. The van der Waals surface area contributed by atoms with Gasteiger partial charge in [-0.1, -0.05) is 36.9 Å². The summed E-state index contributed by atoms with van der Waals surface area (Å²) in [5.74, 6) is 0.217. The highest BCUT2D eigenvalue weighted by atomic mass is 32.2. The van der Waals surface area contributed by atoms with Gasteiger partial charge in [-0.15, -0.1) is 10.2 Å². The molecule has 0 saturated heterocycles. The average Bonchev–Trinajstić information content (AvgIpc) is 3.36. The zero-order valence-electron chi connectivity index (χ0n) is 21.5. The van der Waals surface area contributed by atoms with E-state index in [0.29, 0.717) is 35.3 Å². The first-order valence-electron chi connectivity index (χ1n) is 12.2. The van der Waals surface area contributed by atoms with Crippen LogP contribution in [0.3, 0.4) is 0 Å². The minimum atomic E-state index is -3.62. The van der Waals surface area contributed by atoms with Crippen molar-refractivity contribution in [3.8, 4) is 5.75 Å². The van der Waals surface area contributed by atoms with E-state index in [1.54, 1.807) is 24.3 Å². The second-order valence-corrected chi connectivity index (χ2v) is 12.2. The van der Waals surface area contributed by atoms with Crippen LogP contribution >= 0.6 is 23.1 Å². The van der Waals surface area contributed by atoms with Gasteiger partial charge in [0.25, 0.3) is 5.91 Å². The van der Waals surface area contributed by atoms with Crippen LogP contribution in [0.1, 0.15) is 44.0 Å². The molecule has 0 spiro atoms. The predicted molar refractivity (Wildman–Crippen MR) is 151 cm³/mol. The lowest BCUT2D eigenvalue weighted by molar-refractivity contribution is -0.113. The molecule has 0 aliphatic rings. The summed E-state index contributed by atoms with van der Waals surface area (Å²) in [6.45, 7) is 7.22. The molecule has 0 atom stereocenters. The van der Waals surface area contributed by atoms with E-state index in [4.69, 9.17) is 4.74 Å². The van der Waals surface area contributed by atoms with Crippen LogP contribution in [-0.2, 0) is 14.8 Å². The smallest absolute Gasteiger partial charge is 0.257 e. The molecule has 2 aromatic carbocycles. The molecule has 10 nitrogen and oxygen atoms in total. The number of hydrogen-bond acceptors (Lipinski definition) is 9. The third-order valence-corrected chi connectivity index (χ3v) is 8.99. The molecule has 13 heteroatoms. The van der Waals surface area contributed by atoms with Crippen LogP contribution in [0.15, 0.2) is 57.8 Å². The van der Waals surface area contributed by atoms with E-state index in [2.05, 4.69) is 20.8 Å². The molecule has 38 heavy (non-hydrogen) atoms. The lowest BCUT2D eigenvalue weighted by atomic mass is 10.2. The van der Waals surface area contributed by atoms with E-state index in [1.165, 1.54) is 40.3 Å². The van der Waals surface area contributed by atoms with Crippen molar-refractivity contribution in [3.05, 3.63) is 54.1 Å². The first kappa shape index (κ1) is 29.6. The third kappa shape index (κ3) is 8.25. The van der Waals surface area contributed by atoms with Gasteiger partial charge >= 0.3 is 0 Å². The normalized spacial score (nSPS) is 11.4. The number of nitrogens with zero attached hydrogens (tertiary/aromatic N) is 3. The minimum Gasteiger partial charge on any atom is -0.494 e. The number of anilines is 2. The van der Waals surface area contributed by atoms with Crippen molar-refractivity contribution in [2.45, 2.75) is 42.8 Å². The molecule has 1 heterocycles. The van der Waals surface area contributed by atoms with Gasteiger partial charge in [-0.25, -0.2) is 8.42 Å². The molecule has 0 unspecified atom stereocenters. The maximum atomic E-state index is 12.9. The molecule has 0 aliphatic heterocycles. The SMILES string of the molecule is CCCN(CCC)S(=O)(=O)c1ccc(C(=O)Nc2nnc(SCC(=O)Nc3ccc(OCC)cc3)s2)cc1. The van der Waals surface area contributed by atoms with Crippen molar-refractivity contribution in [1.82, 2.24) is 14.5 Å². The predicted octanol–water partition coefficient (Wildman–Crippen LogP) is 4.73. The van der Waals surface area contributed by atoms with Gasteiger partial charge in [-0.05, 0) is 68.3 Å². The second kappa shape index (κ2) is 14.2. The van der Waals surface area contributed by atoms with Crippen LogP contribution in [0, 0.1) is 0 Å². The Kier molecular flexibility index (Phi) is 11.1. The Morgan fingerprint density at radius 3 is 2.21 bits per heavy atom. The molecular weight excluding hydrogens is 547 g/mol. The number of aromatic nitrogens is 2. The molecule has 0 bridgehead atoms. The monoisotopic (exact) mass is 577 g/mol. The van der Waals surface area contributed by atoms with Gasteiger partial charge in [-0.2, -0.15) is 4.31 Å². The number of carbonyl (C=O) groups is 2. The molecule has 3 aromatic rings. The van der Waals surface area contributed by atoms with Crippen molar-refractivity contribution < 1.29 is 22.7 Å². The fraction of sp³-hybridized carbons (Fsp3) is 0.360. The maximum Gasteiger partial charge on any atom is 0.257 e. The van der Waals surface area contributed by atoms with Gasteiger partial charge in [-0.3, -0.25) is 14.9 Å². The van der Waals surface area contributed by atoms with Crippen molar-refractivity contribution in [1.29, 1.82) is 0 Å². The summed E-state index contributed by atoms with van der Waals surface area (Å²) >= 11 is 2.35. The number of rotatable bonds is 14. The maximum absolute atomic E-state index is 12.9. The van der Waals surface area contributed by atoms with Gasteiger partial charge in [0.2, 0.25) is 21.1 Å². The van der Waals surface area contributed by atoms with Crippen LogP contribution in [0.5, 0.6) is 5.75 Å². The van der Waals surface area contributed by atoms with E-state index in [9.17, 15) is 18.0 Å². The summed E-state index contributed by atoms with van der Waals surface area (Å²) in [7, 11) is -3.62. The number of nitrogens with one attached hydrogen (secondary N) is 2. The van der Waals surface area contributed by atoms with Crippen LogP contribution in [-0.4, -0.2) is 60.2 Å². The average molecular weight is 578 g/mol. The molecule has 1 aromatic heterocycles. The summed E-state index contributed by atoms with van der Waals surface area (Å²) in [6.07, 6.45) is 1.44. The van der Waals surface area contributed by atoms with Gasteiger partial charge in [0.05, 0.1) is 17.3 Å². The summed E-state index contributed by atoms with van der Waals surface area (Å²) in [5.41, 5.74) is 0.951. The Labute approximate surface area is 231 Å². The number of amides is 2. The van der Waals surface area contributed by atoms with Crippen LogP contribution in [0.2, 0.25) is 0 Å². The lowest BCUT2D eigenvalue weighted by Crippen LogP contribution is -2.32. The number of ether oxygens (including phenoxy) is 1. The standard InChI is InChI=1S/C25H31N5O5S3/c1-4-15-30(16-5-2)38(33,34)21-13-7-18(8-14-21)23(32)27-24-28-29-25(37-24)36-17-22(31)26-19-9-11-20(12-10-19)35-6-3/h7-14H,4-6,15-17H2,1-3H3,(H,26,31)(H,27,28,32). The summed E-state index contributed by atoms with van der Waals surface area (Å²) in [4.78, 5) is 25.0. The van der Waals surface area contributed by atoms with Crippen LogP contribution < -0.4 is 15.4 Å². The Morgan fingerprint density at radius 2 is 1.61 bits per heavy atom. The zero-order valence-corrected chi connectivity index (χ0v) is 23.9. The molecule has 0 fully saturated rings. The summed E-state index contributed by atoms with van der Waals surface area (Å²) in [5, 5.41) is 13.7. The van der Waals surface area contributed by atoms with E-state index in [-0.39, 0.29) is 21.7 Å². The molecule has 3 rings (SSSR count). The largest absolute Gasteiger partial charge is 0.494 e. The Morgan fingerprint density at radius 1 is 0.947 bits per heavy atom. The first-order chi connectivity index (χ1) is 18.3. The summed E-state index contributed by atoms with van der Waals surface area (Å²) in [6, 6.07) is 12.9. The molecule has 2 N–H and O–H groups in total. The van der Waals surface area contributed by atoms with Crippen LogP contribution in [0.4, 0.5) is 10.8 Å². The molecule has 204 valence electrons. The zero-order chi connectivity index (χ0) is 27.5. The highest BCUT2D eigenvalue weighted by molar-refractivity contribution is 8.01. The lowest BCUT2D eigenvalue weighted by Gasteiger charge is -2.21. The number of thioether (sulfide) groups is 1. The fourth-order valence-corrected chi connectivity index (χ4v) is 6.56. The first-order valence-corrected chi connectivity index (χ1v) is 15.4. The Balaban J connectivity index is 1.53. The van der Waals surface area contributed by atoms with Gasteiger partial charge < -0.3 is 10.1 Å². The van der Waals surface area contributed by atoms with E-state index >= 15 is 0 Å². The Hall–Kier alpha value is -3.00. The fourth-order valence-electron chi connectivity index (χ4n) is 3.39. The van der Waals surface area contributed by atoms with Crippen molar-refractivity contribution >= 4 is 55.8 Å². The Bertz CT molecular complexity index is 1310. The molecule has 0 saturated carbocycles. The number of sulfonamides is 1. The molecule has 0 aliphatic carbocycles. The third-order valence-electron chi connectivity index (χ3n) is 5.10. The minimum absolute atomic E-state index is 0.124. The van der Waals surface area contributed by atoms with Crippen molar-refractivity contribution in [3.63, 3.8) is 0 Å².